The van der Waals surface area contributed by atoms with Gasteiger partial charge in [0.1, 0.15) is 5.75 Å². The minimum absolute atomic E-state index is 0.315. The van der Waals surface area contributed by atoms with Crippen LogP contribution in [-0.4, -0.2) is 13.7 Å². The van der Waals surface area contributed by atoms with Crippen LogP contribution in [0.2, 0.25) is 0 Å². The molecule has 6 heteroatoms. The van der Waals surface area contributed by atoms with E-state index in [0.717, 1.165) is 45.1 Å². The molecule has 0 bridgehead atoms. The SMILES string of the molecule is Cc1ccc2c(c1)-n1c(-c3ccccc3C)c3c(=O)n(C)c(=O)n(C)c3c1[C@@H](c1ccccc1)O2. The number of hydrogen-bond acceptors (Lipinski definition) is 3. The Morgan fingerprint density at radius 3 is 2.29 bits per heavy atom. The monoisotopic (exact) mass is 463 g/mol. The molecule has 6 rings (SSSR count). The predicted molar refractivity (Wildman–Crippen MR) is 138 cm³/mol. The molecule has 5 aromatic rings. The smallest absolute Gasteiger partial charge is 0.331 e. The average molecular weight is 464 g/mol. The van der Waals surface area contributed by atoms with Crippen molar-refractivity contribution >= 4 is 10.9 Å². The van der Waals surface area contributed by atoms with E-state index < -0.39 is 6.10 Å². The molecule has 3 aromatic carbocycles. The van der Waals surface area contributed by atoms with E-state index in [1.165, 1.54) is 11.6 Å². The first-order chi connectivity index (χ1) is 16.9. The lowest BCUT2D eigenvalue weighted by Gasteiger charge is -2.30. The summed E-state index contributed by atoms with van der Waals surface area (Å²) >= 11 is 0. The molecule has 3 heterocycles. The van der Waals surface area contributed by atoms with Crippen LogP contribution in [-0.2, 0) is 14.1 Å². The second kappa shape index (κ2) is 7.60. The number of benzene rings is 3. The summed E-state index contributed by atoms with van der Waals surface area (Å²) in [4.78, 5) is 26.9. The Morgan fingerprint density at radius 2 is 1.54 bits per heavy atom. The first-order valence-corrected chi connectivity index (χ1v) is 11.6. The minimum Gasteiger partial charge on any atom is -0.477 e. The first-order valence-electron chi connectivity index (χ1n) is 11.6. The Labute approximate surface area is 202 Å². The summed E-state index contributed by atoms with van der Waals surface area (Å²) in [6, 6.07) is 24.0. The summed E-state index contributed by atoms with van der Waals surface area (Å²) in [6.45, 7) is 4.08. The lowest BCUT2D eigenvalue weighted by Crippen LogP contribution is -2.37. The van der Waals surface area contributed by atoms with Crippen LogP contribution in [0.4, 0.5) is 0 Å². The summed E-state index contributed by atoms with van der Waals surface area (Å²) in [6.07, 6.45) is -0.496. The van der Waals surface area contributed by atoms with E-state index in [-0.39, 0.29) is 11.2 Å². The van der Waals surface area contributed by atoms with Crippen LogP contribution in [0.5, 0.6) is 5.75 Å². The molecule has 0 fully saturated rings. The fraction of sp³-hybridized carbons (Fsp3) is 0.172. The molecule has 0 saturated heterocycles. The van der Waals surface area contributed by atoms with Crippen molar-refractivity contribution in [1.82, 2.24) is 13.7 Å². The van der Waals surface area contributed by atoms with Crippen molar-refractivity contribution in [2.24, 2.45) is 14.1 Å². The molecule has 1 aliphatic rings. The molecule has 0 spiro atoms. The van der Waals surface area contributed by atoms with E-state index in [1.807, 2.05) is 80.6 Å². The van der Waals surface area contributed by atoms with Gasteiger partial charge >= 0.3 is 5.69 Å². The van der Waals surface area contributed by atoms with Gasteiger partial charge in [-0.05, 0) is 42.7 Å². The molecular weight excluding hydrogens is 438 g/mol. The topological polar surface area (TPSA) is 58.2 Å². The third-order valence-corrected chi connectivity index (χ3v) is 6.96. The van der Waals surface area contributed by atoms with E-state index >= 15 is 0 Å². The number of ether oxygens (including phenoxy) is 1. The van der Waals surface area contributed by atoms with Crippen molar-refractivity contribution in [3.63, 3.8) is 0 Å². The fourth-order valence-corrected chi connectivity index (χ4v) is 5.22. The molecular formula is C29H25N3O3. The van der Waals surface area contributed by atoms with E-state index in [2.05, 4.69) is 10.6 Å². The van der Waals surface area contributed by atoms with Crippen molar-refractivity contribution < 1.29 is 4.74 Å². The zero-order chi connectivity index (χ0) is 24.4. The zero-order valence-corrected chi connectivity index (χ0v) is 20.1. The van der Waals surface area contributed by atoms with Gasteiger partial charge in [0.2, 0.25) is 0 Å². The molecule has 6 nitrogen and oxygen atoms in total. The van der Waals surface area contributed by atoms with Crippen LogP contribution < -0.4 is 16.0 Å². The van der Waals surface area contributed by atoms with Gasteiger partial charge in [0.25, 0.3) is 5.56 Å². The Hall–Kier alpha value is -4.32. The summed E-state index contributed by atoms with van der Waals surface area (Å²) in [5.74, 6) is 0.730. The summed E-state index contributed by atoms with van der Waals surface area (Å²) < 4.78 is 11.5. The molecule has 2 aromatic heterocycles. The molecule has 0 saturated carbocycles. The van der Waals surface area contributed by atoms with Crippen LogP contribution >= 0.6 is 0 Å². The van der Waals surface area contributed by atoms with Crippen LogP contribution in [0, 0.1) is 13.8 Å². The number of hydrogen-bond donors (Lipinski definition) is 0. The Kier molecular flexibility index (Phi) is 4.61. The molecule has 35 heavy (non-hydrogen) atoms. The van der Waals surface area contributed by atoms with Crippen LogP contribution in [0.25, 0.3) is 27.8 Å². The molecule has 0 N–H and O–H groups in total. The minimum atomic E-state index is -0.496. The molecule has 0 amide bonds. The molecule has 1 aliphatic heterocycles. The van der Waals surface area contributed by atoms with Gasteiger partial charge < -0.3 is 9.30 Å². The average Bonchev–Trinajstić information content (AvgIpc) is 3.23. The maximum atomic E-state index is 13.7. The first kappa shape index (κ1) is 21.2. The molecule has 0 aliphatic carbocycles. The lowest BCUT2D eigenvalue weighted by molar-refractivity contribution is 0.229. The number of fused-ring (bicyclic) bond motifs is 5. The van der Waals surface area contributed by atoms with Crippen molar-refractivity contribution in [2.45, 2.75) is 20.0 Å². The maximum absolute atomic E-state index is 13.7. The lowest BCUT2D eigenvalue weighted by atomic mass is 10.0. The van der Waals surface area contributed by atoms with Gasteiger partial charge in [-0.3, -0.25) is 13.9 Å². The maximum Gasteiger partial charge on any atom is 0.331 e. The highest BCUT2D eigenvalue weighted by Gasteiger charge is 2.36. The predicted octanol–water partition coefficient (Wildman–Crippen LogP) is 4.79. The van der Waals surface area contributed by atoms with E-state index in [4.69, 9.17) is 4.74 Å². The van der Waals surface area contributed by atoms with Gasteiger partial charge in [0, 0.05) is 19.7 Å². The summed E-state index contributed by atoms with van der Waals surface area (Å²) in [5.41, 5.74) is 6.34. The highest BCUT2D eigenvalue weighted by Crippen LogP contribution is 2.47. The van der Waals surface area contributed by atoms with Crippen LogP contribution in [0.3, 0.4) is 0 Å². The highest BCUT2D eigenvalue weighted by molar-refractivity contribution is 5.98. The van der Waals surface area contributed by atoms with Crippen molar-refractivity contribution in [3.8, 4) is 22.7 Å². The standard InChI is InChI=1S/C29H25N3O3/c1-17-14-15-22-21(16-17)32-24(20-13-9-8-10-18(20)2)23-25(30(3)29(34)31(4)28(23)33)26(32)27(35-22)19-11-6-5-7-12-19/h5-16,27H,1-4H3/t27-/m1/s1. The Morgan fingerprint density at radius 1 is 0.829 bits per heavy atom. The second-order valence-electron chi connectivity index (χ2n) is 9.19. The van der Waals surface area contributed by atoms with Crippen LogP contribution in [0.1, 0.15) is 28.5 Å². The third-order valence-electron chi connectivity index (χ3n) is 6.96. The quantitative estimate of drug-likeness (QED) is 0.378. The number of rotatable bonds is 2. The normalized spacial score (nSPS) is 14.5. The van der Waals surface area contributed by atoms with Crippen LogP contribution in [0.15, 0.2) is 82.4 Å². The second-order valence-corrected chi connectivity index (χ2v) is 9.19. The van der Waals surface area contributed by atoms with Gasteiger partial charge in [-0.15, -0.1) is 0 Å². The fourth-order valence-electron chi connectivity index (χ4n) is 5.22. The molecule has 174 valence electrons. The number of nitrogens with zero attached hydrogens (tertiary/aromatic N) is 3. The van der Waals surface area contributed by atoms with Crippen molar-refractivity contribution in [3.05, 3.63) is 116 Å². The summed E-state index contributed by atoms with van der Waals surface area (Å²) in [5, 5.41) is 0.512. The number of aryl methyl sites for hydroxylation is 3. The zero-order valence-electron chi connectivity index (χ0n) is 20.1. The highest BCUT2D eigenvalue weighted by atomic mass is 16.5. The largest absolute Gasteiger partial charge is 0.477 e. The third kappa shape index (κ3) is 2.96. The van der Waals surface area contributed by atoms with Gasteiger partial charge in [-0.25, -0.2) is 4.79 Å². The number of aromatic nitrogens is 3. The van der Waals surface area contributed by atoms with Crippen molar-refractivity contribution in [1.29, 1.82) is 0 Å². The Bertz CT molecular complexity index is 1760. The summed E-state index contributed by atoms with van der Waals surface area (Å²) in [7, 11) is 3.26. The van der Waals surface area contributed by atoms with E-state index in [9.17, 15) is 9.59 Å². The molecule has 0 unspecified atom stereocenters. The van der Waals surface area contributed by atoms with Crippen molar-refractivity contribution in [2.75, 3.05) is 0 Å². The Balaban J connectivity index is 1.91. The molecule has 1 atom stereocenters. The van der Waals surface area contributed by atoms with E-state index in [0.29, 0.717) is 10.9 Å². The van der Waals surface area contributed by atoms with Gasteiger partial charge in [0.15, 0.2) is 6.10 Å². The van der Waals surface area contributed by atoms with Gasteiger partial charge in [-0.2, -0.15) is 0 Å². The van der Waals surface area contributed by atoms with Gasteiger partial charge in [-0.1, -0.05) is 60.7 Å². The van der Waals surface area contributed by atoms with Gasteiger partial charge in [0.05, 0.1) is 28.0 Å². The molecule has 0 radical (unpaired) electrons. The van der Waals surface area contributed by atoms with E-state index in [1.54, 1.807) is 11.6 Å².